The molecule has 0 aliphatic rings. The predicted molar refractivity (Wildman–Crippen MR) is 92.2 cm³/mol. The van der Waals surface area contributed by atoms with Crippen molar-refractivity contribution >= 4 is 17.3 Å². The Morgan fingerprint density at radius 1 is 1.24 bits per heavy atom. The van der Waals surface area contributed by atoms with Gasteiger partial charge in [-0.1, -0.05) is 45.4 Å². The highest BCUT2D eigenvalue weighted by atomic mass is 35.5. The number of hydrogen-bond donors (Lipinski definition) is 2. The van der Waals surface area contributed by atoms with Gasteiger partial charge in [-0.05, 0) is 25.0 Å². The minimum Gasteiger partial charge on any atom is -0.395 e. The molecule has 0 amide bonds. The summed E-state index contributed by atoms with van der Waals surface area (Å²) in [5, 5.41) is 13.7. The number of aliphatic hydroxyl groups excluding tert-OH is 1. The van der Waals surface area contributed by atoms with Gasteiger partial charge in [0.05, 0.1) is 6.61 Å². The monoisotopic (exact) mass is 312 g/mol. The van der Waals surface area contributed by atoms with E-state index in [2.05, 4.69) is 44.0 Å². The van der Waals surface area contributed by atoms with Crippen LogP contribution in [0.4, 0.5) is 5.69 Å². The molecule has 0 spiro atoms. The maximum Gasteiger partial charge on any atom is 0.0606 e. The molecule has 1 aromatic rings. The van der Waals surface area contributed by atoms with E-state index in [1.54, 1.807) is 0 Å². The Labute approximate surface area is 134 Å². The van der Waals surface area contributed by atoms with E-state index in [0.717, 1.165) is 35.7 Å². The topological polar surface area (TPSA) is 35.5 Å². The first kappa shape index (κ1) is 18.3. The van der Waals surface area contributed by atoms with Crippen LogP contribution in [-0.2, 0) is 6.54 Å². The van der Waals surface area contributed by atoms with Gasteiger partial charge in [0.25, 0.3) is 0 Å². The zero-order valence-corrected chi connectivity index (χ0v) is 14.5. The van der Waals surface area contributed by atoms with Crippen molar-refractivity contribution in [2.45, 2.75) is 59.2 Å². The second kappa shape index (κ2) is 9.29. The molecule has 0 fully saturated rings. The molecule has 0 aliphatic carbocycles. The van der Waals surface area contributed by atoms with Crippen molar-refractivity contribution in [2.24, 2.45) is 0 Å². The molecule has 0 atom stereocenters. The molecule has 0 unspecified atom stereocenters. The molecule has 0 radical (unpaired) electrons. The van der Waals surface area contributed by atoms with Gasteiger partial charge in [-0.15, -0.1) is 0 Å². The zero-order chi connectivity index (χ0) is 15.8. The Hall–Kier alpha value is -0.770. The van der Waals surface area contributed by atoms with Gasteiger partial charge in [-0.25, -0.2) is 0 Å². The van der Waals surface area contributed by atoms with Crippen LogP contribution in [0, 0.1) is 0 Å². The largest absolute Gasteiger partial charge is 0.395 e. The average Bonchev–Trinajstić information content (AvgIpc) is 2.46. The first-order valence-corrected chi connectivity index (χ1v) is 8.31. The third-order valence-electron chi connectivity index (χ3n) is 3.81. The van der Waals surface area contributed by atoms with E-state index in [1.165, 1.54) is 0 Å². The molecule has 2 N–H and O–H groups in total. The molecule has 0 aliphatic heterocycles. The second-order valence-electron chi connectivity index (χ2n) is 5.66. The van der Waals surface area contributed by atoms with Crippen LogP contribution in [0.15, 0.2) is 18.2 Å². The summed E-state index contributed by atoms with van der Waals surface area (Å²) in [6.45, 7) is 10.2. The first-order chi connectivity index (χ1) is 10.0. The smallest absolute Gasteiger partial charge is 0.0606 e. The maximum atomic E-state index is 9.43. The summed E-state index contributed by atoms with van der Waals surface area (Å²) in [5.74, 6) is 0. The van der Waals surface area contributed by atoms with Crippen LogP contribution >= 0.6 is 11.6 Å². The van der Waals surface area contributed by atoms with Crippen LogP contribution in [0.3, 0.4) is 0 Å². The SMILES string of the molecule is CCC(CC)N(CCO)c1cccc(Cl)c1CNC(C)C. The molecule has 4 heteroatoms. The molecule has 0 heterocycles. The summed E-state index contributed by atoms with van der Waals surface area (Å²) in [6, 6.07) is 6.87. The fraction of sp³-hybridized carbons (Fsp3) is 0.647. The van der Waals surface area contributed by atoms with E-state index >= 15 is 0 Å². The number of benzene rings is 1. The van der Waals surface area contributed by atoms with E-state index in [4.69, 9.17) is 11.6 Å². The van der Waals surface area contributed by atoms with Crippen molar-refractivity contribution in [3.8, 4) is 0 Å². The summed E-state index contributed by atoms with van der Waals surface area (Å²) < 4.78 is 0. The number of aliphatic hydroxyl groups is 1. The van der Waals surface area contributed by atoms with Gasteiger partial charge in [0, 0.05) is 41.4 Å². The number of anilines is 1. The Balaban J connectivity index is 3.14. The van der Waals surface area contributed by atoms with E-state index < -0.39 is 0 Å². The lowest BCUT2D eigenvalue weighted by atomic mass is 10.1. The van der Waals surface area contributed by atoms with Crippen molar-refractivity contribution in [1.29, 1.82) is 0 Å². The fourth-order valence-corrected chi connectivity index (χ4v) is 2.87. The van der Waals surface area contributed by atoms with E-state index in [-0.39, 0.29) is 6.61 Å². The van der Waals surface area contributed by atoms with Crippen molar-refractivity contribution in [3.63, 3.8) is 0 Å². The zero-order valence-electron chi connectivity index (χ0n) is 13.7. The van der Waals surface area contributed by atoms with Crippen molar-refractivity contribution in [2.75, 3.05) is 18.1 Å². The summed E-state index contributed by atoms with van der Waals surface area (Å²) in [4.78, 5) is 2.29. The van der Waals surface area contributed by atoms with Crippen LogP contribution in [0.5, 0.6) is 0 Å². The standard InChI is InChI=1S/C17H29ClN2O/c1-5-14(6-2)20(10-11-21)17-9-7-8-16(18)15(17)12-19-13(3)4/h7-9,13-14,19,21H,5-6,10-12H2,1-4H3. The molecule has 0 bridgehead atoms. The summed E-state index contributed by atoms with van der Waals surface area (Å²) >= 11 is 6.42. The van der Waals surface area contributed by atoms with Crippen LogP contribution in [0.1, 0.15) is 46.1 Å². The minimum absolute atomic E-state index is 0.153. The number of rotatable bonds is 9. The Bertz CT molecular complexity index is 419. The normalized spacial score (nSPS) is 11.4. The molecular formula is C17H29ClN2O. The lowest BCUT2D eigenvalue weighted by molar-refractivity contribution is 0.296. The van der Waals surface area contributed by atoms with Crippen LogP contribution in [0.25, 0.3) is 0 Å². The van der Waals surface area contributed by atoms with Crippen molar-refractivity contribution in [1.82, 2.24) is 5.32 Å². The number of nitrogens with zero attached hydrogens (tertiary/aromatic N) is 1. The van der Waals surface area contributed by atoms with E-state index in [9.17, 15) is 5.11 Å². The maximum absolute atomic E-state index is 9.43. The Morgan fingerprint density at radius 3 is 2.43 bits per heavy atom. The average molecular weight is 313 g/mol. The molecule has 0 aromatic heterocycles. The molecule has 0 saturated carbocycles. The van der Waals surface area contributed by atoms with Gasteiger partial charge in [-0.2, -0.15) is 0 Å². The molecule has 3 nitrogen and oxygen atoms in total. The molecule has 1 rings (SSSR count). The Morgan fingerprint density at radius 2 is 1.90 bits per heavy atom. The van der Waals surface area contributed by atoms with Crippen LogP contribution in [-0.4, -0.2) is 30.3 Å². The highest BCUT2D eigenvalue weighted by Crippen LogP contribution is 2.30. The van der Waals surface area contributed by atoms with E-state index in [0.29, 0.717) is 18.6 Å². The predicted octanol–water partition coefficient (Wildman–Crippen LogP) is 3.83. The minimum atomic E-state index is 0.153. The second-order valence-corrected chi connectivity index (χ2v) is 6.07. The molecule has 120 valence electrons. The van der Waals surface area contributed by atoms with Crippen molar-refractivity contribution in [3.05, 3.63) is 28.8 Å². The Kier molecular flexibility index (Phi) is 8.09. The van der Waals surface area contributed by atoms with Gasteiger partial charge < -0.3 is 15.3 Å². The van der Waals surface area contributed by atoms with Gasteiger partial charge >= 0.3 is 0 Å². The lowest BCUT2D eigenvalue weighted by Crippen LogP contribution is -2.38. The van der Waals surface area contributed by atoms with Crippen molar-refractivity contribution < 1.29 is 5.11 Å². The fourth-order valence-electron chi connectivity index (χ4n) is 2.63. The highest BCUT2D eigenvalue weighted by molar-refractivity contribution is 6.31. The summed E-state index contributed by atoms with van der Waals surface area (Å²) in [7, 11) is 0. The third kappa shape index (κ3) is 5.17. The van der Waals surface area contributed by atoms with Gasteiger partial charge in [0.2, 0.25) is 0 Å². The first-order valence-electron chi connectivity index (χ1n) is 7.93. The van der Waals surface area contributed by atoms with Gasteiger partial charge in [0.1, 0.15) is 0 Å². The number of halogens is 1. The van der Waals surface area contributed by atoms with E-state index in [1.807, 2.05) is 12.1 Å². The molecule has 21 heavy (non-hydrogen) atoms. The quantitative estimate of drug-likeness (QED) is 0.727. The molecule has 0 saturated heterocycles. The highest BCUT2D eigenvalue weighted by Gasteiger charge is 2.19. The third-order valence-corrected chi connectivity index (χ3v) is 4.17. The van der Waals surface area contributed by atoms with Gasteiger partial charge in [0.15, 0.2) is 0 Å². The summed E-state index contributed by atoms with van der Waals surface area (Å²) in [6.07, 6.45) is 2.11. The van der Waals surface area contributed by atoms with Crippen LogP contribution < -0.4 is 10.2 Å². The van der Waals surface area contributed by atoms with Crippen LogP contribution in [0.2, 0.25) is 5.02 Å². The summed E-state index contributed by atoms with van der Waals surface area (Å²) in [5.41, 5.74) is 2.26. The number of nitrogens with one attached hydrogen (secondary N) is 1. The molecule has 1 aromatic carbocycles. The number of hydrogen-bond acceptors (Lipinski definition) is 3. The molecular weight excluding hydrogens is 284 g/mol. The lowest BCUT2D eigenvalue weighted by Gasteiger charge is -2.34. The van der Waals surface area contributed by atoms with Gasteiger partial charge in [-0.3, -0.25) is 0 Å².